The summed E-state index contributed by atoms with van der Waals surface area (Å²) in [6, 6.07) is 22.8. The van der Waals surface area contributed by atoms with Crippen molar-refractivity contribution in [3.05, 3.63) is 108 Å². The monoisotopic (exact) mass is 488 g/mol. The number of hydrogen-bond acceptors (Lipinski definition) is 3. The van der Waals surface area contributed by atoms with Gasteiger partial charge in [0, 0.05) is 0 Å². The summed E-state index contributed by atoms with van der Waals surface area (Å²) in [5.74, 6) is 0. The summed E-state index contributed by atoms with van der Waals surface area (Å²) < 4.78 is 103. The number of hydrogen-bond donors (Lipinski definition) is 0. The second-order valence-electron chi connectivity index (χ2n) is 7.08. The summed E-state index contributed by atoms with van der Waals surface area (Å²) in [5, 5.41) is -2.12. The van der Waals surface area contributed by atoms with E-state index in [1.807, 2.05) is 0 Å². The van der Waals surface area contributed by atoms with Crippen LogP contribution in [-0.2, 0) is 18.8 Å². The topological polar surface area (TPSA) is 35.5 Å². The van der Waals surface area contributed by atoms with E-state index in [4.69, 9.17) is 9.05 Å². The molecule has 10 heteroatoms. The SMILES string of the molecule is O=P(OCC(F)(F)F)(OCC(F)(F)F)C(c1ccccc1)(c1ccccc1)c1ccccc1. The number of benzene rings is 3. The minimum atomic E-state index is -5.26. The smallest absolute Gasteiger partial charge is 0.298 e. The fraction of sp³-hybridized carbons (Fsp3) is 0.217. The molecular weight excluding hydrogens is 469 g/mol. The van der Waals surface area contributed by atoms with Crippen LogP contribution in [0.15, 0.2) is 91.0 Å². The van der Waals surface area contributed by atoms with Gasteiger partial charge in [-0.3, -0.25) is 13.6 Å². The van der Waals surface area contributed by atoms with Gasteiger partial charge in [-0.05, 0) is 16.7 Å². The van der Waals surface area contributed by atoms with Crippen LogP contribution in [0, 0.1) is 0 Å². The second kappa shape index (κ2) is 9.71. The first-order chi connectivity index (χ1) is 15.5. The van der Waals surface area contributed by atoms with Crippen LogP contribution in [0.2, 0.25) is 0 Å². The van der Waals surface area contributed by atoms with E-state index >= 15 is 0 Å². The van der Waals surface area contributed by atoms with Gasteiger partial charge in [0.05, 0.1) is 0 Å². The molecule has 0 radical (unpaired) electrons. The van der Waals surface area contributed by atoms with Crippen molar-refractivity contribution in [2.24, 2.45) is 0 Å². The standard InChI is InChI=1S/C23H19F6O3P/c24-21(25,26)16-31-33(30,32-17-22(27,28)29)23(18-10-4-1-5-11-18,19-12-6-2-7-13-19)20-14-8-3-9-15-20/h1-15H,16-17H2. The molecule has 0 spiro atoms. The summed E-state index contributed by atoms with van der Waals surface area (Å²) in [4.78, 5) is 0. The van der Waals surface area contributed by atoms with Gasteiger partial charge in [0.2, 0.25) is 0 Å². The Kier molecular flexibility index (Phi) is 7.36. The predicted octanol–water partition coefficient (Wildman–Crippen LogP) is 7.33. The fourth-order valence-electron chi connectivity index (χ4n) is 3.56. The lowest BCUT2D eigenvalue weighted by molar-refractivity contribution is -0.166. The molecule has 33 heavy (non-hydrogen) atoms. The first-order valence-electron chi connectivity index (χ1n) is 9.67. The van der Waals surface area contributed by atoms with Crippen molar-refractivity contribution in [2.75, 3.05) is 13.2 Å². The van der Waals surface area contributed by atoms with E-state index in [1.165, 1.54) is 72.8 Å². The molecule has 0 amide bonds. The van der Waals surface area contributed by atoms with Crippen LogP contribution in [0.25, 0.3) is 0 Å². The van der Waals surface area contributed by atoms with Crippen LogP contribution in [0.1, 0.15) is 16.7 Å². The van der Waals surface area contributed by atoms with Gasteiger partial charge in [-0.2, -0.15) is 26.3 Å². The van der Waals surface area contributed by atoms with Gasteiger partial charge in [0.15, 0.2) is 13.2 Å². The van der Waals surface area contributed by atoms with Crippen LogP contribution >= 0.6 is 7.60 Å². The Morgan fingerprint density at radius 1 is 0.545 bits per heavy atom. The third kappa shape index (κ3) is 5.66. The van der Waals surface area contributed by atoms with Gasteiger partial charge in [-0.15, -0.1) is 0 Å². The maximum atomic E-state index is 14.3. The molecule has 0 heterocycles. The molecule has 3 nitrogen and oxygen atoms in total. The van der Waals surface area contributed by atoms with Crippen molar-refractivity contribution in [3.63, 3.8) is 0 Å². The van der Waals surface area contributed by atoms with E-state index < -0.39 is 38.3 Å². The largest absolute Gasteiger partial charge is 0.412 e. The molecule has 176 valence electrons. The Hall–Kier alpha value is -2.61. The van der Waals surface area contributed by atoms with Crippen molar-refractivity contribution >= 4 is 7.60 Å². The lowest BCUT2D eigenvalue weighted by atomic mass is 9.84. The van der Waals surface area contributed by atoms with Gasteiger partial charge >= 0.3 is 19.9 Å². The molecule has 0 saturated heterocycles. The summed E-state index contributed by atoms with van der Waals surface area (Å²) >= 11 is 0. The number of halogens is 6. The normalized spacial score (nSPS) is 13.2. The fourth-order valence-corrected chi connectivity index (χ4v) is 6.05. The maximum Gasteiger partial charge on any atom is 0.412 e. The zero-order valence-corrected chi connectivity index (χ0v) is 17.9. The Bertz CT molecular complexity index is 951. The highest BCUT2D eigenvalue weighted by atomic mass is 31.2. The molecule has 0 aliphatic heterocycles. The van der Waals surface area contributed by atoms with Crippen molar-refractivity contribution in [1.82, 2.24) is 0 Å². The highest BCUT2D eigenvalue weighted by molar-refractivity contribution is 7.55. The van der Waals surface area contributed by atoms with Crippen LogP contribution in [0.4, 0.5) is 26.3 Å². The van der Waals surface area contributed by atoms with E-state index in [1.54, 1.807) is 18.2 Å². The molecule has 3 aromatic carbocycles. The Labute approximate surface area is 186 Å². The lowest BCUT2D eigenvalue weighted by Gasteiger charge is -2.40. The van der Waals surface area contributed by atoms with Gasteiger partial charge in [0.25, 0.3) is 0 Å². The predicted molar refractivity (Wildman–Crippen MR) is 111 cm³/mol. The molecule has 0 N–H and O–H groups in total. The first-order valence-corrected chi connectivity index (χ1v) is 11.2. The molecule has 3 rings (SSSR count). The summed E-state index contributed by atoms with van der Waals surface area (Å²) in [7, 11) is -5.26. The van der Waals surface area contributed by atoms with E-state index in [0.717, 1.165) is 0 Å². The average Bonchev–Trinajstić information content (AvgIpc) is 2.78. The second-order valence-corrected chi connectivity index (χ2v) is 9.27. The summed E-state index contributed by atoms with van der Waals surface area (Å²) in [6.07, 6.45) is -9.93. The van der Waals surface area contributed by atoms with Crippen molar-refractivity contribution in [3.8, 4) is 0 Å². The van der Waals surface area contributed by atoms with Gasteiger partial charge in [-0.25, -0.2) is 0 Å². The van der Waals surface area contributed by atoms with Crippen LogP contribution < -0.4 is 0 Å². The van der Waals surface area contributed by atoms with Crippen LogP contribution in [0.5, 0.6) is 0 Å². The molecule has 0 aromatic heterocycles. The molecule has 0 saturated carbocycles. The van der Waals surface area contributed by atoms with Crippen LogP contribution in [0.3, 0.4) is 0 Å². The molecule has 0 atom stereocenters. The van der Waals surface area contributed by atoms with Gasteiger partial charge in [0.1, 0.15) is 5.16 Å². The average molecular weight is 488 g/mol. The third-order valence-corrected chi connectivity index (χ3v) is 7.32. The molecule has 3 aromatic rings. The summed E-state index contributed by atoms with van der Waals surface area (Å²) in [6.45, 7) is -4.12. The number of alkyl halides is 6. The first kappa shape index (κ1) is 25.0. The van der Waals surface area contributed by atoms with Crippen molar-refractivity contribution in [1.29, 1.82) is 0 Å². The molecule has 0 bridgehead atoms. The Morgan fingerprint density at radius 3 is 1.06 bits per heavy atom. The van der Waals surface area contributed by atoms with E-state index in [-0.39, 0.29) is 16.7 Å². The highest BCUT2D eigenvalue weighted by Gasteiger charge is 2.57. The van der Waals surface area contributed by atoms with E-state index in [0.29, 0.717) is 0 Å². The third-order valence-electron chi connectivity index (χ3n) is 4.78. The van der Waals surface area contributed by atoms with E-state index in [2.05, 4.69) is 0 Å². The maximum absolute atomic E-state index is 14.3. The zero-order chi connectivity index (χ0) is 24.2. The quantitative estimate of drug-likeness (QED) is 0.189. The number of rotatable bonds is 8. The van der Waals surface area contributed by atoms with Gasteiger partial charge in [-0.1, -0.05) is 91.0 Å². The van der Waals surface area contributed by atoms with Gasteiger partial charge < -0.3 is 0 Å². The molecule has 0 fully saturated rings. The molecule has 0 aliphatic rings. The Balaban J connectivity index is 2.38. The molecule has 0 unspecified atom stereocenters. The molecule has 0 aliphatic carbocycles. The van der Waals surface area contributed by atoms with Crippen LogP contribution in [-0.4, -0.2) is 25.6 Å². The van der Waals surface area contributed by atoms with Crippen molar-refractivity contribution < 1.29 is 40.0 Å². The lowest BCUT2D eigenvalue weighted by Crippen LogP contribution is -2.34. The summed E-state index contributed by atoms with van der Waals surface area (Å²) in [5.41, 5.74) is 0.445. The zero-order valence-electron chi connectivity index (χ0n) is 17.0. The highest BCUT2D eigenvalue weighted by Crippen LogP contribution is 2.71. The Morgan fingerprint density at radius 2 is 0.818 bits per heavy atom. The van der Waals surface area contributed by atoms with E-state index in [9.17, 15) is 30.9 Å². The minimum absolute atomic E-state index is 0.148. The molecular formula is C23H19F6O3P. The van der Waals surface area contributed by atoms with Crippen molar-refractivity contribution in [2.45, 2.75) is 17.5 Å². The minimum Gasteiger partial charge on any atom is -0.298 e.